The third kappa shape index (κ3) is 16.6. The van der Waals surface area contributed by atoms with Crippen LogP contribution in [0.5, 0.6) is 5.75 Å². The molecule has 0 fully saturated rings. The molecule has 1 aromatic rings. The van der Waals surface area contributed by atoms with Crippen molar-refractivity contribution >= 4 is 5.97 Å². The number of carboxylic acid groups (broad SMARTS) is 1. The van der Waals surface area contributed by atoms with Gasteiger partial charge in [-0.15, -0.1) is 0 Å². The monoisotopic (exact) mass is 574 g/mol. The Labute approximate surface area is 254 Å². The van der Waals surface area contributed by atoms with E-state index in [1.54, 1.807) is 0 Å². The van der Waals surface area contributed by atoms with Crippen LogP contribution in [0.1, 0.15) is 174 Å². The Kier molecular flexibility index (Phi) is 18.6. The van der Waals surface area contributed by atoms with Crippen LogP contribution in [0.2, 0.25) is 0 Å². The van der Waals surface area contributed by atoms with Gasteiger partial charge in [0, 0.05) is 13.2 Å². The molecule has 1 aromatic carbocycles. The molecule has 41 heavy (non-hydrogen) atoms. The third-order valence-electron chi connectivity index (χ3n) is 8.37. The molecule has 4 nitrogen and oxygen atoms in total. The molecule has 0 heterocycles. The fourth-order valence-electron chi connectivity index (χ4n) is 5.63. The summed E-state index contributed by atoms with van der Waals surface area (Å²) in [4.78, 5) is 12.1. The summed E-state index contributed by atoms with van der Waals surface area (Å²) in [7, 11) is 0. The maximum atomic E-state index is 12.1. The SMILES string of the molecule is CCCCCCCCCCCCCCCCCCOCCC(Cc1cc(C(C)(C)C)c(O)c(C(C)(C)C)c1)C(=O)O. The Morgan fingerprint density at radius 1 is 0.683 bits per heavy atom. The number of aliphatic carboxylic acids is 1. The predicted octanol–water partition coefficient (Wildman–Crippen LogP) is 10.9. The van der Waals surface area contributed by atoms with E-state index in [0.29, 0.717) is 31.8 Å². The largest absolute Gasteiger partial charge is 0.507 e. The lowest BCUT2D eigenvalue weighted by Gasteiger charge is -2.28. The molecule has 0 bridgehead atoms. The standard InChI is InChI=1S/C37H66O4/c1-8-9-10-11-12-13-14-15-16-17-18-19-20-21-22-23-25-41-26-24-31(35(39)40)27-30-28-32(36(2,3)4)34(38)33(29-30)37(5,6)7/h28-29,31,38H,8-27H2,1-7H3,(H,39,40). The summed E-state index contributed by atoms with van der Waals surface area (Å²) in [5.74, 6) is -0.938. The summed E-state index contributed by atoms with van der Waals surface area (Å²) < 4.78 is 5.84. The Hall–Kier alpha value is -1.55. The highest BCUT2D eigenvalue weighted by Crippen LogP contribution is 2.40. The van der Waals surface area contributed by atoms with E-state index in [0.717, 1.165) is 23.1 Å². The Balaban J connectivity index is 2.23. The number of unbranched alkanes of at least 4 members (excludes halogenated alkanes) is 15. The van der Waals surface area contributed by atoms with Crippen molar-refractivity contribution in [3.63, 3.8) is 0 Å². The summed E-state index contributed by atoms with van der Waals surface area (Å²) in [5, 5.41) is 20.9. The molecule has 1 atom stereocenters. The first-order valence-electron chi connectivity index (χ1n) is 17.0. The van der Waals surface area contributed by atoms with Gasteiger partial charge in [0.1, 0.15) is 5.75 Å². The lowest BCUT2D eigenvalue weighted by molar-refractivity contribution is -0.142. The smallest absolute Gasteiger partial charge is 0.306 e. The van der Waals surface area contributed by atoms with E-state index in [9.17, 15) is 15.0 Å². The van der Waals surface area contributed by atoms with Gasteiger partial charge in [-0.1, -0.05) is 157 Å². The average molecular weight is 575 g/mol. The fraction of sp³-hybridized carbons (Fsp3) is 0.811. The van der Waals surface area contributed by atoms with Crippen molar-refractivity contribution in [2.45, 2.75) is 175 Å². The molecule has 1 rings (SSSR count). The number of phenolic OH excluding ortho intramolecular Hbond substituents is 1. The van der Waals surface area contributed by atoms with Crippen molar-refractivity contribution in [2.24, 2.45) is 5.92 Å². The number of phenols is 1. The second-order valence-corrected chi connectivity index (χ2v) is 14.5. The topological polar surface area (TPSA) is 66.8 Å². The van der Waals surface area contributed by atoms with Gasteiger partial charge >= 0.3 is 5.97 Å². The van der Waals surface area contributed by atoms with Crippen molar-refractivity contribution in [3.8, 4) is 5.75 Å². The molecule has 0 aliphatic heterocycles. The van der Waals surface area contributed by atoms with Crippen molar-refractivity contribution in [1.82, 2.24) is 0 Å². The zero-order valence-electron chi connectivity index (χ0n) is 28.1. The van der Waals surface area contributed by atoms with E-state index in [4.69, 9.17) is 4.74 Å². The van der Waals surface area contributed by atoms with Gasteiger partial charge in [-0.05, 0) is 46.8 Å². The minimum atomic E-state index is -0.779. The van der Waals surface area contributed by atoms with Crippen molar-refractivity contribution in [1.29, 1.82) is 0 Å². The lowest BCUT2D eigenvalue weighted by atomic mass is 9.77. The average Bonchev–Trinajstić information content (AvgIpc) is 2.88. The van der Waals surface area contributed by atoms with E-state index in [2.05, 4.69) is 48.5 Å². The first-order chi connectivity index (χ1) is 19.4. The van der Waals surface area contributed by atoms with E-state index >= 15 is 0 Å². The third-order valence-corrected chi connectivity index (χ3v) is 8.37. The van der Waals surface area contributed by atoms with E-state index in [-0.39, 0.29) is 10.8 Å². The summed E-state index contributed by atoms with van der Waals surface area (Å²) in [5.41, 5.74) is 2.28. The highest BCUT2D eigenvalue weighted by molar-refractivity contribution is 5.70. The Bertz CT molecular complexity index is 795. The van der Waals surface area contributed by atoms with Crippen LogP contribution in [-0.4, -0.2) is 29.4 Å². The van der Waals surface area contributed by atoms with E-state index in [1.165, 1.54) is 96.3 Å². The predicted molar refractivity (Wildman–Crippen MR) is 175 cm³/mol. The summed E-state index contributed by atoms with van der Waals surface area (Å²) in [6.07, 6.45) is 22.6. The van der Waals surface area contributed by atoms with Crippen LogP contribution in [0.4, 0.5) is 0 Å². The summed E-state index contributed by atoms with van der Waals surface area (Å²) in [6, 6.07) is 4.00. The molecule has 2 N–H and O–H groups in total. The Morgan fingerprint density at radius 2 is 1.07 bits per heavy atom. The van der Waals surface area contributed by atoms with Crippen LogP contribution in [0.25, 0.3) is 0 Å². The quantitative estimate of drug-likeness (QED) is 0.128. The van der Waals surface area contributed by atoms with Crippen LogP contribution in [0, 0.1) is 5.92 Å². The fourth-order valence-corrected chi connectivity index (χ4v) is 5.63. The van der Waals surface area contributed by atoms with E-state index in [1.807, 2.05) is 12.1 Å². The Morgan fingerprint density at radius 3 is 1.44 bits per heavy atom. The van der Waals surface area contributed by atoms with Gasteiger partial charge in [0.2, 0.25) is 0 Å². The minimum absolute atomic E-state index is 0.227. The molecule has 0 radical (unpaired) electrons. The summed E-state index contributed by atoms with van der Waals surface area (Å²) >= 11 is 0. The highest BCUT2D eigenvalue weighted by atomic mass is 16.5. The van der Waals surface area contributed by atoms with Crippen LogP contribution in [-0.2, 0) is 26.8 Å². The number of ether oxygens (including phenoxy) is 1. The number of carboxylic acids is 1. The van der Waals surface area contributed by atoms with Crippen molar-refractivity contribution in [2.75, 3.05) is 13.2 Å². The molecule has 4 heteroatoms. The van der Waals surface area contributed by atoms with Gasteiger partial charge in [-0.25, -0.2) is 0 Å². The first kappa shape index (κ1) is 37.5. The second-order valence-electron chi connectivity index (χ2n) is 14.5. The number of benzene rings is 1. The molecule has 238 valence electrons. The van der Waals surface area contributed by atoms with Gasteiger partial charge in [-0.3, -0.25) is 4.79 Å². The maximum Gasteiger partial charge on any atom is 0.306 e. The highest BCUT2D eigenvalue weighted by Gasteiger charge is 2.28. The van der Waals surface area contributed by atoms with Gasteiger partial charge in [-0.2, -0.15) is 0 Å². The number of hydrogen-bond acceptors (Lipinski definition) is 3. The second kappa shape index (κ2) is 20.4. The molecule has 0 aromatic heterocycles. The first-order valence-corrected chi connectivity index (χ1v) is 17.0. The molecule has 0 saturated heterocycles. The van der Waals surface area contributed by atoms with Gasteiger partial charge in [0.05, 0.1) is 5.92 Å². The van der Waals surface area contributed by atoms with Crippen molar-refractivity contribution in [3.05, 3.63) is 28.8 Å². The maximum absolute atomic E-state index is 12.1. The van der Waals surface area contributed by atoms with Crippen LogP contribution < -0.4 is 0 Å². The molecule has 0 amide bonds. The molecule has 0 saturated carbocycles. The zero-order valence-corrected chi connectivity index (χ0v) is 28.1. The number of aromatic hydroxyl groups is 1. The zero-order chi connectivity index (χ0) is 30.7. The van der Waals surface area contributed by atoms with Gasteiger partial charge in [0.25, 0.3) is 0 Å². The summed E-state index contributed by atoms with van der Waals surface area (Å²) in [6.45, 7) is 16.0. The molecule has 0 spiro atoms. The van der Waals surface area contributed by atoms with Crippen LogP contribution in [0.15, 0.2) is 12.1 Å². The van der Waals surface area contributed by atoms with E-state index < -0.39 is 11.9 Å². The number of carbonyl (C=O) groups is 1. The normalized spacial score (nSPS) is 13.0. The number of hydrogen-bond donors (Lipinski definition) is 2. The minimum Gasteiger partial charge on any atom is -0.507 e. The molecule has 0 aliphatic rings. The molecular formula is C37H66O4. The van der Waals surface area contributed by atoms with Crippen molar-refractivity contribution < 1.29 is 19.7 Å². The van der Waals surface area contributed by atoms with Gasteiger partial charge in [0.15, 0.2) is 0 Å². The molecule has 1 unspecified atom stereocenters. The van der Waals surface area contributed by atoms with Crippen LogP contribution in [0.3, 0.4) is 0 Å². The molecular weight excluding hydrogens is 508 g/mol. The molecule has 0 aliphatic carbocycles. The van der Waals surface area contributed by atoms with Gasteiger partial charge < -0.3 is 14.9 Å². The number of rotatable bonds is 23. The van der Waals surface area contributed by atoms with Crippen LogP contribution >= 0.6 is 0 Å². The lowest BCUT2D eigenvalue weighted by Crippen LogP contribution is -2.21.